The van der Waals surface area contributed by atoms with Crippen LogP contribution in [0.2, 0.25) is 0 Å². The Bertz CT molecular complexity index is 85.0. The van der Waals surface area contributed by atoms with Gasteiger partial charge in [0.05, 0.1) is 6.61 Å². The molecule has 54 valence electrons. The number of halogens is 1. The van der Waals surface area contributed by atoms with Gasteiger partial charge in [0.2, 0.25) is 0 Å². The topological polar surface area (TPSA) is 9.23 Å². The fraction of sp³-hybridized carbons (Fsp3) is 1.00. The molecular formula is C7H13ClO. The Morgan fingerprint density at radius 3 is 2.89 bits per heavy atom. The smallest absolute Gasteiger partial charge is 0.0508 e. The van der Waals surface area contributed by atoms with Gasteiger partial charge >= 0.3 is 0 Å². The van der Waals surface area contributed by atoms with Gasteiger partial charge in [-0.1, -0.05) is 6.92 Å². The highest BCUT2D eigenvalue weighted by Gasteiger charge is 2.21. The van der Waals surface area contributed by atoms with Gasteiger partial charge in [-0.25, -0.2) is 0 Å². The fourth-order valence-corrected chi connectivity index (χ4v) is 1.48. The molecule has 1 heterocycles. The second-order valence-electron chi connectivity index (χ2n) is 2.55. The van der Waals surface area contributed by atoms with Crippen LogP contribution in [-0.2, 0) is 4.74 Å². The Balaban J connectivity index is 2.30. The maximum Gasteiger partial charge on any atom is 0.0508 e. The highest BCUT2D eigenvalue weighted by atomic mass is 35.5. The monoisotopic (exact) mass is 148 g/mol. The molecule has 0 bridgehead atoms. The number of rotatable bonds is 1. The van der Waals surface area contributed by atoms with Crippen LogP contribution in [0.25, 0.3) is 0 Å². The molecule has 2 atom stereocenters. The van der Waals surface area contributed by atoms with E-state index >= 15 is 0 Å². The summed E-state index contributed by atoms with van der Waals surface area (Å²) < 4.78 is 5.26. The van der Waals surface area contributed by atoms with Crippen molar-refractivity contribution >= 4 is 11.6 Å². The molecule has 1 rings (SSSR count). The number of hydrogen-bond acceptors (Lipinski definition) is 1. The first-order valence-corrected chi connectivity index (χ1v) is 4.00. The molecule has 0 amide bonds. The third kappa shape index (κ3) is 1.84. The quantitative estimate of drug-likeness (QED) is 0.518. The fourth-order valence-electron chi connectivity index (χ4n) is 1.14. The summed E-state index contributed by atoms with van der Waals surface area (Å²) >= 11 is 6.00. The van der Waals surface area contributed by atoms with Crippen LogP contribution >= 0.6 is 11.6 Å². The van der Waals surface area contributed by atoms with E-state index in [9.17, 15) is 0 Å². The van der Waals surface area contributed by atoms with Crippen molar-refractivity contribution in [1.29, 1.82) is 0 Å². The molecule has 0 unspecified atom stereocenters. The molecule has 1 fully saturated rings. The molecule has 0 aromatic carbocycles. The van der Waals surface area contributed by atoms with Crippen molar-refractivity contribution in [3.8, 4) is 0 Å². The van der Waals surface area contributed by atoms with Gasteiger partial charge in [0.15, 0.2) is 0 Å². The first kappa shape index (κ1) is 7.36. The van der Waals surface area contributed by atoms with E-state index in [1.165, 1.54) is 0 Å². The van der Waals surface area contributed by atoms with Crippen molar-refractivity contribution in [3.63, 3.8) is 0 Å². The molecule has 0 spiro atoms. The minimum Gasteiger partial charge on any atom is -0.381 e. The first-order chi connectivity index (χ1) is 4.34. The molecule has 1 aliphatic rings. The summed E-state index contributed by atoms with van der Waals surface area (Å²) in [7, 11) is 0. The highest BCUT2D eigenvalue weighted by molar-refractivity contribution is 6.20. The third-order valence-corrected chi connectivity index (χ3v) is 2.48. The van der Waals surface area contributed by atoms with Crippen LogP contribution < -0.4 is 0 Å². The van der Waals surface area contributed by atoms with Gasteiger partial charge in [-0.05, 0) is 18.8 Å². The molecule has 9 heavy (non-hydrogen) atoms. The zero-order chi connectivity index (χ0) is 6.69. The number of alkyl halides is 1. The van der Waals surface area contributed by atoms with E-state index in [2.05, 4.69) is 6.92 Å². The molecule has 0 aliphatic carbocycles. The minimum absolute atomic E-state index is 0.365. The summed E-state index contributed by atoms with van der Waals surface area (Å²) in [5.74, 6) is 0.598. The van der Waals surface area contributed by atoms with Crippen molar-refractivity contribution in [2.45, 2.75) is 25.1 Å². The van der Waals surface area contributed by atoms with E-state index in [-0.39, 0.29) is 0 Å². The Hall–Kier alpha value is 0.250. The van der Waals surface area contributed by atoms with E-state index in [1.807, 2.05) is 0 Å². The van der Waals surface area contributed by atoms with Crippen LogP contribution in [0.5, 0.6) is 0 Å². The van der Waals surface area contributed by atoms with Crippen LogP contribution in [0.4, 0.5) is 0 Å². The van der Waals surface area contributed by atoms with Crippen LogP contribution in [0.1, 0.15) is 19.8 Å². The number of ether oxygens (including phenoxy) is 1. The lowest BCUT2D eigenvalue weighted by Gasteiger charge is -2.25. The van der Waals surface area contributed by atoms with Crippen molar-refractivity contribution < 1.29 is 4.74 Å². The molecule has 0 aromatic rings. The molecule has 1 nitrogen and oxygen atoms in total. The zero-order valence-electron chi connectivity index (χ0n) is 5.77. The zero-order valence-corrected chi connectivity index (χ0v) is 6.53. The molecule has 0 radical (unpaired) electrons. The summed E-state index contributed by atoms with van der Waals surface area (Å²) in [4.78, 5) is 0. The number of hydrogen-bond donors (Lipinski definition) is 0. The van der Waals surface area contributed by atoms with E-state index in [0.717, 1.165) is 26.1 Å². The second-order valence-corrected chi connectivity index (χ2v) is 3.11. The molecular weight excluding hydrogens is 136 g/mol. The summed E-state index contributed by atoms with van der Waals surface area (Å²) in [6.07, 6.45) is 2.17. The third-order valence-electron chi connectivity index (χ3n) is 1.91. The summed E-state index contributed by atoms with van der Waals surface area (Å²) in [6, 6.07) is 0. The lowest BCUT2D eigenvalue weighted by molar-refractivity contribution is 0.0563. The van der Waals surface area contributed by atoms with E-state index in [1.54, 1.807) is 0 Å². The minimum atomic E-state index is 0.365. The SMILES string of the molecule is CC[C@@H]1COCC[C@H]1Cl. The average molecular weight is 149 g/mol. The summed E-state index contributed by atoms with van der Waals surface area (Å²) in [5, 5.41) is 0.365. The first-order valence-electron chi connectivity index (χ1n) is 3.56. The summed E-state index contributed by atoms with van der Waals surface area (Å²) in [5.41, 5.74) is 0. The molecule has 1 saturated heterocycles. The standard InChI is InChI=1S/C7H13ClO/c1-2-6-5-9-4-3-7(6)8/h6-7H,2-5H2,1H3/t6-,7-/m1/s1. The van der Waals surface area contributed by atoms with E-state index in [0.29, 0.717) is 11.3 Å². The molecule has 0 aromatic heterocycles. The average Bonchev–Trinajstić information content (AvgIpc) is 1.89. The van der Waals surface area contributed by atoms with E-state index in [4.69, 9.17) is 16.3 Å². The van der Waals surface area contributed by atoms with Crippen LogP contribution in [0.3, 0.4) is 0 Å². The Morgan fingerprint density at radius 1 is 1.67 bits per heavy atom. The largest absolute Gasteiger partial charge is 0.381 e. The van der Waals surface area contributed by atoms with Crippen LogP contribution in [0, 0.1) is 5.92 Å². The predicted octanol–water partition coefficient (Wildman–Crippen LogP) is 2.04. The maximum absolute atomic E-state index is 6.00. The Kier molecular flexibility index (Phi) is 2.80. The lowest BCUT2D eigenvalue weighted by Crippen LogP contribution is -2.27. The molecule has 0 N–H and O–H groups in total. The van der Waals surface area contributed by atoms with Gasteiger partial charge in [-0.3, -0.25) is 0 Å². The molecule has 0 saturated carbocycles. The van der Waals surface area contributed by atoms with Gasteiger partial charge in [0.1, 0.15) is 0 Å². The molecule has 2 heteroatoms. The predicted molar refractivity (Wildman–Crippen MR) is 38.9 cm³/mol. The Labute approximate surface area is 61.3 Å². The van der Waals surface area contributed by atoms with Crippen LogP contribution in [-0.4, -0.2) is 18.6 Å². The second kappa shape index (κ2) is 3.43. The van der Waals surface area contributed by atoms with Crippen molar-refractivity contribution in [2.24, 2.45) is 5.92 Å². The summed E-state index contributed by atoms with van der Waals surface area (Å²) in [6.45, 7) is 3.88. The van der Waals surface area contributed by atoms with Crippen molar-refractivity contribution in [1.82, 2.24) is 0 Å². The normalized spacial score (nSPS) is 36.7. The van der Waals surface area contributed by atoms with Gasteiger partial charge in [0, 0.05) is 12.0 Å². The van der Waals surface area contributed by atoms with Crippen molar-refractivity contribution in [3.05, 3.63) is 0 Å². The van der Waals surface area contributed by atoms with Gasteiger partial charge in [0.25, 0.3) is 0 Å². The van der Waals surface area contributed by atoms with Crippen molar-refractivity contribution in [2.75, 3.05) is 13.2 Å². The highest BCUT2D eigenvalue weighted by Crippen LogP contribution is 2.22. The van der Waals surface area contributed by atoms with Crippen LogP contribution in [0.15, 0.2) is 0 Å². The van der Waals surface area contributed by atoms with Gasteiger partial charge < -0.3 is 4.74 Å². The van der Waals surface area contributed by atoms with E-state index < -0.39 is 0 Å². The lowest BCUT2D eigenvalue weighted by atomic mass is 9.99. The Morgan fingerprint density at radius 2 is 2.44 bits per heavy atom. The van der Waals surface area contributed by atoms with Gasteiger partial charge in [-0.2, -0.15) is 0 Å². The molecule has 1 aliphatic heterocycles. The maximum atomic E-state index is 6.00. The van der Waals surface area contributed by atoms with Gasteiger partial charge in [-0.15, -0.1) is 11.6 Å².